The summed E-state index contributed by atoms with van der Waals surface area (Å²) >= 11 is 13.3. The van der Waals surface area contributed by atoms with Gasteiger partial charge < -0.3 is 4.90 Å². The molecular weight excluding hydrogens is 267 g/mol. The lowest BCUT2D eigenvalue weighted by molar-refractivity contribution is 0.655. The molecule has 0 aliphatic heterocycles. The zero-order valence-corrected chi connectivity index (χ0v) is 11.8. The first-order valence-electron chi connectivity index (χ1n) is 4.87. The van der Waals surface area contributed by atoms with Gasteiger partial charge in [0.05, 0.1) is 0 Å². The third kappa shape index (κ3) is 3.64. The zero-order chi connectivity index (χ0) is 12.1. The molecule has 0 amide bonds. The summed E-state index contributed by atoms with van der Waals surface area (Å²) in [5.74, 6) is 1.53. The quantitative estimate of drug-likeness (QED) is 0.830. The molecule has 0 saturated carbocycles. The number of thioether (sulfide) groups is 1. The normalized spacial score (nSPS) is 12.6. The fraction of sp³-hybridized carbons (Fsp3) is 0.667. The van der Waals surface area contributed by atoms with Crippen LogP contribution in [-0.4, -0.2) is 40.1 Å². The molecule has 1 atom stereocenters. The fourth-order valence-electron chi connectivity index (χ4n) is 1.33. The summed E-state index contributed by atoms with van der Waals surface area (Å²) in [7, 11) is 1.94. The molecule has 0 N–H and O–H groups in total. The molecule has 1 aromatic rings. The predicted octanol–water partition coefficient (Wildman–Crippen LogP) is 2.76. The van der Waals surface area contributed by atoms with Gasteiger partial charge in [-0.3, -0.25) is 0 Å². The minimum Gasteiger partial charge on any atom is -0.340 e. The van der Waals surface area contributed by atoms with E-state index < -0.39 is 0 Å². The summed E-state index contributed by atoms with van der Waals surface area (Å²) in [6.45, 7) is 2.13. The van der Waals surface area contributed by atoms with Gasteiger partial charge in [-0.1, -0.05) is 6.92 Å². The Balaban J connectivity index is 2.89. The van der Waals surface area contributed by atoms with E-state index in [1.807, 2.05) is 11.9 Å². The summed E-state index contributed by atoms with van der Waals surface area (Å²) in [5, 5.41) is 0.252. The number of hydrogen-bond donors (Lipinski definition) is 0. The molecule has 1 aromatic heterocycles. The molecule has 0 aliphatic carbocycles. The number of rotatable bonds is 5. The Bertz CT molecular complexity index is 330. The summed E-state index contributed by atoms with van der Waals surface area (Å²) in [4.78, 5) is 13.8. The highest BCUT2D eigenvalue weighted by Gasteiger charge is 2.16. The average molecular weight is 281 g/mol. The molecule has 0 fully saturated rings. The number of aromatic nitrogens is 3. The van der Waals surface area contributed by atoms with Gasteiger partial charge in [0.1, 0.15) is 0 Å². The van der Waals surface area contributed by atoms with Crippen molar-refractivity contribution in [1.82, 2.24) is 15.0 Å². The first-order valence-corrected chi connectivity index (χ1v) is 7.02. The van der Waals surface area contributed by atoms with Gasteiger partial charge in [0.2, 0.25) is 16.5 Å². The third-order valence-electron chi connectivity index (χ3n) is 2.26. The van der Waals surface area contributed by atoms with Crippen molar-refractivity contribution in [2.24, 2.45) is 0 Å². The van der Waals surface area contributed by atoms with Gasteiger partial charge >= 0.3 is 0 Å². The van der Waals surface area contributed by atoms with Crippen LogP contribution in [0.25, 0.3) is 0 Å². The highest BCUT2D eigenvalue weighted by atomic mass is 35.5. The minimum absolute atomic E-state index is 0.126. The second-order valence-corrected chi connectivity index (χ2v) is 4.89. The van der Waals surface area contributed by atoms with Gasteiger partial charge in [0, 0.05) is 18.8 Å². The van der Waals surface area contributed by atoms with E-state index in [1.54, 1.807) is 11.8 Å². The molecule has 0 spiro atoms. The third-order valence-corrected chi connectivity index (χ3v) is 3.32. The van der Waals surface area contributed by atoms with Crippen LogP contribution >= 0.6 is 35.0 Å². The molecule has 0 radical (unpaired) electrons. The SMILES string of the molecule is CCC(CSC)N(C)c1nc(Cl)nc(Cl)n1. The highest BCUT2D eigenvalue weighted by molar-refractivity contribution is 7.98. The van der Waals surface area contributed by atoms with E-state index in [-0.39, 0.29) is 10.6 Å². The van der Waals surface area contributed by atoms with Crippen molar-refractivity contribution in [3.63, 3.8) is 0 Å². The van der Waals surface area contributed by atoms with Crippen molar-refractivity contribution >= 4 is 40.9 Å². The Hall–Kier alpha value is -0.260. The van der Waals surface area contributed by atoms with Gasteiger partial charge in [0.25, 0.3) is 0 Å². The van der Waals surface area contributed by atoms with E-state index in [0.717, 1.165) is 12.2 Å². The largest absolute Gasteiger partial charge is 0.340 e. The van der Waals surface area contributed by atoms with Crippen LogP contribution in [0.4, 0.5) is 5.95 Å². The Morgan fingerprint density at radius 2 is 1.81 bits per heavy atom. The Morgan fingerprint density at radius 1 is 1.25 bits per heavy atom. The topological polar surface area (TPSA) is 41.9 Å². The van der Waals surface area contributed by atoms with Crippen molar-refractivity contribution < 1.29 is 0 Å². The summed E-state index contributed by atoms with van der Waals surface area (Å²) in [6.07, 6.45) is 3.09. The molecule has 1 heterocycles. The van der Waals surface area contributed by atoms with Crippen LogP contribution in [0.15, 0.2) is 0 Å². The van der Waals surface area contributed by atoms with Crippen LogP contribution in [0.1, 0.15) is 13.3 Å². The molecule has 4 nitrogen and oxygen atoms in total. The number of hydrogen-bond acceptors (Lipinski definition) is 5. The smallest absolute Gasteiger partial charge is 0.230 e. The van der Waals surface area contributed by atoms with Crippen molar-refractivity contribution in [1.29, 1.82) is 0 Å². The molecule has 0 aromatic carbocycles. The summed E-state index contributed by atoms with van der Waals surface area (Å²) in [6, 6.07) is 0.365. The standard InChI is InChI=1S/C9H14Cl2N4S/c1-4-6(5-16-3)15(2)9-13-7(10)12-8(11)14-9/h6H,4-5H2,1-3H3. The maximum absolute atomic E-state index is 5.74. The molecule has 90 valence electrons. The van der Waals surface area contributed by atoms with E-state index >= 15 is 0 Å². The van der Waals surface area contributed by atoms with E-state index in [0.29, 0.717) is 12.0 Å². The molecule has 0 aliphatic rings. The number of halogens is 2. The van der Waals surface area contributed by atoms with Crippen LogP contribution in [0.3, 0.4) is 0 Å². The highest BCUT2D eigenvalue weighted by Crippen LogP contribution is 2.17. The maximum Gasteiger partial charge on any atom is 0.230 e. The average Bonchev–Trinajstić information content (AvgIpc) is 2.23. The van der Waals surface area contributed by atoms with Crippen LogP contribution in [0.5, 0.6) is 0 Å². The molecule has 1 unspecified atom stereocenters. The van der Waals surface area contributed by atoms with Crippen LogP contribution in [0.2, 0.25) is 10.6 Å². The summed E-state index contributed by atoms with van der Waals surface area (Å²) in [5.41, 5.74) is 0. The number of anilines is 1. The maximum atomic E-state index is 5.74. The van der Waals surface area contributed by atoms with E-state index in [2.05, 4.69) is 28.1 Å². The zero-order valence-electron chi connectivity index (χ0n) is 9.44. The van der Waals surface area contributed by atoms with E-state index in [9.17, 15) is 0 Å². The van der Waals surface area contributed by atoms with Crippen molar-refractivity contribution in [3.05, 3.63) is 10.6 Å². The lowest BCUT2D eigenvalue weighted by atomic mass is 10.2. The molecule has 0 bridgehead atoms. The van der Waals surface area contributed by atoms with E-state index in [1.165, 1.54) is 0 Å². The van der Waals surface area contributed by atoms with Crippen molar-refractivity contribution in [2.45, 2.75) is 19.4 Å². The van der Waals surface area contributed by atoms with Gasteiger partial charge in [-0.2, -0.15) is 26.7 Å². The van der Waals surface area contributed by atoms with Crippen LogP contribution < -0.4 is 4.90 Å². The second kappa shape index (κ2) is 6.47. The first-order chi connectivity index (χ1) is 7.58. The van der Waals surface area contributed by atoms with Crippen molar-refractivity contribution in [3.8, 4) is 0 Å². The molecule has 7 heteroatoms. The van der Waals surface area contributed by atoms with Gasteiger partial charge in [-0.15, -0.1) is 0 Å². The molecular formula is C9H14Cl2N4S. The van der Waals surface area contributed by atoms with Gasteiger partial charge in [0.15, 0.2) is 0 Å². The van der Waals surface area contributed by atoms with Gasteiger partial charge in [-0.25, -0.2) is 0 Å². The lowest BCUT2D eigenvalue weighted by Crippen LogP contribution is -2.34. The minimum atomic E-state index is 0.126. The molecule has 1 rings (SSSR count). The monoisotopic (exact) mass is 280 g/mol. The Labute approximate surface area is 110 Å². The van der Waals surface area contributed by atoms with Crippen LogP contribution in [0, 0.1) is 0 Å². The predicted molar refractivity (Wildman–Crippen MR) is 70.7 cm³/mol. The fourth-order valence-corrected chi connectivity index (χ4v) is 2.53. The molecule has 16 heavy (non-hydrogen) atoms. The summed E-state index contributed by atoms with van der Waals surface area (Å²) < 4.78 is 0. The lowest BCUT2D eigenvalue weighted by Gasteiger charge is -2.26. The van der Waals surface area contributed by atoms with Crippen LogP contribution in [-0.2, 0) is 0 Å². The Kier molecular flexibility index (Phi) is 5.58. The van der Waals surface area contributed by atoms with Crippen molar-refractivity contribution in [2.75, 3.05) is 24.0 Å². The van der Waals surface area contributed by atoms with E-state index in [4.69, 9.17) is 23.2 Å². The first kappa shape index (κ1) is 13.8. The number of nitrogens with zero attached hydrogens (tertiary/aromatic N) is 4. The second-order valence-electron chi connectivity index (χ2n) is 3.30. The Morgan fingerprint density at radius 3 is 2.25 bits per heavy atom. The molecule has 0 saturated heterocycles. The van der Waals surface area contributed by atoms with Gasteiger partial charge in [-0.05, 0) is 35.9 Å².